The largest absolute Gasteiger partial charge is 0.351 e. The van der Waals surface area contributed by atoms with Crippen molar-refractivity contribution in [3.63, 3.8) is 0 Å². The molecule has 1 aromatic heterocycles. The molecule has 1 aromatic rings. The number of amides is 1. The molecule has 0 atom stereocenters. The van der Waals surface area contributed by atoms with Crippen molar-refractivity contribution in [1.29, 1.82) is 0 Å². The Kier molecular flexibility index (Phi) is 4.00. The molecule has 0 saturated heterocycles. The highest BCUT2D eigenvalue weighted by molar-refractivity contribution is 7.80. The molecule has 0 bridgehead atoms. The molecule has 0 spiro atoms. The summed E-state index contributed by atoms with van der Waals surface area (Å²) in [6.45, 7) is 5.18. The fraction of sp³-hybridized carbons (Fsp3) is 0.556. The van der Waals surface area contributed by atoms with Crippen LogP contribution in [0.1, 0.15) is 23.0 Å². The van der Waals surface area contributed by atoms with Crippen molar-refractivity contribution in [2.75, 3.05) is 12.3 Å². The Morgan fingerprint density at radius 2 is 2.43 bits per heavy atom. The summed E-state index contributed by atoms with van der Waals surface area (Å²) in [6, 6.07) is 0. The van der Waals surface area contributed by atoms with Gasteiger partial charge in [-0.15, -0.1) is 0 Å². The van der Waals surface area contributed by atoms with E-state index in [-0.39, 0.29) is 5.91 Å². The molecule has 1 N–H and O–H groups in total. The zero-order valence-corrected chi connectivity index (χ0v) is 9.34. The molecule has 1 heterocycles. The minimum absolute atomic E-state index is 0.0729. The molecule has 14 heavy (non-hydrogen) atoms. The number of aromatic nitrogens is 2. The smallest absolute Gasteiger partial charge is 0.254 e. The fourth-order valence-electron chi connectivity index (χ4n) is 1.17. The van der Waals surface area contributed by atoms with E-state index in [0.29, 0.717) is 17.9 Å². The highest BCUT2D eigenvalue weighted by Gasteiger charge is 2.11. The summed E-state index contributed by atoms with van der Waals surface area (Å²) in [4.78, 5) is 11.6. The summed E-state index contributed by atoms with van der Waals surface area (Å²) in [7, 11) is 0. The summed E-state index contributed by atoms with van der Waals surface area (Å²) >= 11 is 4.02. The van der Waals surface area contributed by atoms with Gasteiger partial charge in [-0.05, 0) is 13.8 Å². The fourth-order valence-corrected chi connectivity index (χ4v) is 1.28. The van der Waals surface area contributed by atoms with E-state index in [0.717, 1.165) is 12.2 Å². The van der Waals surface area contributed by atoms with Crippen LogP contribution in [0.3, 0.4) is 0 Å². The number of thiol groups is 1. The van der Waals surface area contributed by atoms with Gasteiger partial charge in [0.15, 0.2) is 0 Å². The lowest BCUT2D eigenvalue weighted by Gasteiger charge is -2.00. The maximum absolute atomic E-state index is 11.6. The van der Waals surface area contributed by atoms with E-state index in [2.05, 4.69) is 23.0 Å². The highest BCUT2D eigenvalue weighted by Crippen LogP contribution is 2.04. The quantitative estimate of drug-likeness (QED) is 0.729. The van der Waals surface area contributed by atoms with Crippen molar-refractivity contribution in [3.05, 3.63) is 17.5 Å². The number of carbonyl (C=O) groups excluding carboxylic acids is 1. The van der Waals surface area contributed by atoms with Crippen LogP contribution in [-0.4, -0.2) is 28.0 Å². The normalized spacial score (nSPS) is 10.2. The summed E-state index contributed by atoms with van der Waals surface area (Å²) in [6.07, 6.45) is 1.77. The topological polar surface area (TPSA) is 46.9 Å². The molecule has 0 unspecified atom stereocenters. The molecular weight excluding hydrogens is 198 g/mol. The minimum Gasteiger partial charge on any atom is -0.351 e. The molecule has 0 fully saturated rings. The molecule has 0 aliphatic rings. The van der Waals surface area contributed by atoms with E-state index in [1.54, 1.807) is 10.9 Å². The number of nitrogens with zero attached hydrogens (tertiary/aromatic N) is 2. The zero-order chi connectivity index (χ0) is 10.6. The predicted octanol–water partition coefficient (Wildman–Crippen LogP) is 0.871. The Hall–Kier alpha value is -0.970. The van der Waals surface area contributed by atoms with E-state index in [1.807, 2.05) is 13.8 Å². The molecule has 0 aliphatic carbocycles. The van der Waals surface area contributed by atoms with E-state index in [1.165, 1.54) is 0 Å². The maximum atomic E-state index is 11.6. The second-order valence-electron chi connectivity index (χ2n) is 2.96. The van der Waals surface area contributed by atoms with Gasteiger partial charge in [0.1, 0.15) is 0 Å². The van der Waals surface area contributed by atoms with Crippen LogP contribution in [0.4, 0.5) is 0 Å². The Labute approximate surface area is 89.1 Å². The summed E-state index contributed by atoms with van der Waals surface area (Å²) in [5, 5.41) is 6.95. The van der Waals surface area contributed by atoms with Crippen molar-refractivity contribution in [2.45, 2.75) is 20.4 Å². The van der Waals surface area contributed by atoms with Gasteiger partial charge < -0.3 is 5.32 Å². The van der Waals surface area contributed by atoms with Crippen LogP contribution < -0.4 is 5.32 Å². The van der Waals surface area contributed by atoms with Crippen molar-refractivity contribution in [3.8, 4) is 0 Å². The average molecular weight is 213 g/mol. The van der Waals surface area contributed by atoms with Crippen LogP contribution in [0.2, 0.25) is 0 Å². The number of hydrogen-bond donors (Lipinski definition) is 2. The van der Waals surface area contributed by atoms with Gasteiger partial charge >= 0.3 is 0 Å². The zero-order valence-electron chi connectivity index (χ0n) is 8.45. The van der Waals surface area contributed by atoms with E-state index < -0.39 is 0 Å². The van der Waals surface area contributed by atoms with Crippen LogP contribution in [-0.2, 0) is 6.54 Å². The van der Waals surface area contributed by atoms with Gasteiger partial charge in [-0.3, -0.25) is 9.48 Å². The second kappa shape index (κ2) is 5.05. The first-order valence-corrected chi connectivity index (χ1v) is 5.25. The van der Waals surface area contributed by atoms with Gasteiger partial charge in [-0.25, -0.2) is 0 Å². The van der Waals surface area contributed by atoms with Crippen LogP contribution in [0.5, 0.6) is 0 Å². The maximum Gasteiger partial charge on any atom is 0.254 e. The Bertz CT molecular complexity index is 322. The molecule has 0 aromatic carbocycles. The van der Waals surface area contributed by atoms with Gasteiger partial charge in [-0.1, -0.05) is 0 Å². The molecular formula is C9H15N3OS. The first-order valence-electron chi connectivity index (χ1n) is 4.62. The van der Waals surface area contributed by atoms with Gasteiger partial charge in [0.05, 0.1) is 11.3 Å². The van der Waals surface area contributed by atoms with Crippen molar-refractivity contribution in [1.82, 2.24) is 15.1 Å². The van der Waals surface area contributed by atoms with Gasteiger partial charge in [0.25, 0.3) is 5.91 Å². The Morgan fingerprint density at radius 3 is 2.93 bits per heavy atom. The lowest BCUT2D eigenvalue weighted by atomic mass is 10.2. The molecule has 5 heteroatoms. The predicted molar refractivity (Wildman–Crippen MR) is 58.8 cm³/mol. The first-order chi connectivity index (χ1) is 6.69. The second-order valence-corrected chi connectivity index (χ2v) is 3.41. The number of aryl methyl sites for hydroxylation is 2. The first kappa shape index (κ1) is 11.1. The SMILES string of the molecule is CCn1cc(C(=O)NCCS)c(C)n1. The summed E-state index contributed by atoms with van der Waals surface area (Å²) in [5.41, 5.74) is 1.41. The standard InChI is InChI=1S/C9H15N3OS/c1-3-12-6-8(7(2)11-12)9(13)10-4-5-14/h6,14H,3-5H2,1-2H3,(H,10,13). The van der Waals surface area contributed by atoms with Gasteiger partial charge in [-0.2, -0.15) is 17.7 Å². The van der Waals surface area contributed by atoms with E-state index in [4.69, 9.17) is 0 Å². The van der Waals surface area contributed by atoms with Crippen LogP contribution in [0.15, 0.2) is 6.20 Å². The lowest BCUT2D eigenvalue weighted by molar-refractivity contribution is 0.0955. The Morgan fingerprint density at radius 1 is 1.71 bits per heavy atom. The average Bonchev–Trinajstić information content (AvgIpc) is 2.56. The monoisotopic (exact) mass is 213 g/mol. The van der Waals surface area contributed by atoms with E-state index in [9.17, 15) is 4.79 Å². The van der Waals surface area contributed by atoms with Gasteiger partial charge in [0, 0.05) is 25.0 Å². The van der Waals surface area contributed by atoms with Crippen molar-refractivity contribution in [2.24, 2.45) is 0 Å². The molecule has 78 valence electrons. The van der Waals surface area contributed by atoms with Crippen LogP contribution in [0, 0.1) is 6.92 Å². The number of hydrogen-bond acceptors (Lipinski definition) is 3. The molecule has 4 nitrogen and oxygen atoms in total. The third-order valence-corrected chi connectivity index (χ3v) is 2.14. The summed E-state index contributed by atoms with van der Waals surface area (Å²) < 4.78 is 1.75. The van der Waals surface area contributed by atoms with E-state index >= 15 is 0 Å². The van der Waals surface area contributed by atoms with Crippen molar-refractivity contribution >= 4 is 18.5 Å². The lowest BCUT2D eigenvalue weighted by Crippen LogP contribution is -2.25. The van der Waals surface area contributed by atoms with Crippen molar-refractivity contribution < 1.29 is 4.79 Å². The third-order valence-electron chi connectivity index (χ3n) is 1.91. The van der Waals surface area contributed by atoms with Crippen LogP contribution >= 0.6 is 12.6 Å². The van der Waals surface area contributed by atoms with Gasteiger partial charge in [0.2, 0.25) is 0 Å². The van der Waals surface area contributed by atoms with Crippen LogP contribution in [0.25, 0.3) is 0 Å². The molecule has 0 aliphatic heterocycles. The number of rotatable bonds is 4. The molecule has 1 amide bonds. The molecule has 1 rings (SSSR count). The Balaban J connectivity index is 2.73. The number of nitrogens with one attached hydrogen (secondary N) is 1. The molecule has 0 saturated carbocycles. The highest BCUT2D eigenvalue weighted by atomic mass is 32.1. The third kappa shape index (κ3) is 2.51. The number of carbonyl (C=O) groups is 1. The minimum atomic E-state index is -0.0729. The molecule has 0 radical (unpaired) electrons. The summed E-state index contributed by atoms with van der Waals surface area (Å²) in [5.74, 6) is 0.573.